The molecule has 1 N–H and O–H groups in total. The van der Waals surface area contributed by atoms with Gasteiger partial charge in [0, 0.05) is 22.6 Å². The maximum atomic E-state index is 8.81. The molecule has 0 aliphatic carbocycles. The first-order chi connectivity index (χ1) is 9.60. The Hall–Kier alpha value is -1.53. The highest BCUT2D eigenvalue weighted by Gasteiger charge is 2.07. The van der Waals surface area contributed by atoms with Crippen molar-refractivity contribution < 1.29 is 0 Å². The van der Waals surface area contributed by atoms with Crippen molar-refractivity contribution in [2.75, 3.05) is 0 Å². The molecule has 0 bridgehead atoms. The van der Waals surface area contributed by atoms with E-state index in [4.69, 9.17) is 28.5 Å². The van der Waals surface area contributed by atoms with Crippen LogP contribution in [0.1, 0.15) is 29.7 Å². The second-order valence-electron chi connectivity index (χ2n) is 4.58. The molecule has 0 heterocycles. The summed E-state index contributed by atoms with van der Waals surface area (Å²) in [5.41, 5.74) is 2.67. The van der Waals surface area contributed by atoms with Gasteiger partial charge in [0.2, 0.25) is 0 Å². The van der Waals surface area contributed by atoms with Gasteiger partial charge in [0.25, 0.3) is 0 Å². The maximum Gasteiger partial charge on any atom is 0.0992 e. The zero-order chi connectivity index (χ0) is 14.5. The number of nitriles is 1. The summed E-state index contributed by atoms with van der Waals surface area (Å²) in [5.74, 6) is 0. The van der Waals surface area contributed by atoms with Gasteiger partial charge in [-0.2, -0.15) is 5.26 Å². The van der Waals surface area contributed by atoms with Crippen LogP contribution in [0.2, 0.25) is 10.0 Å². The Morgan fingerprint density at radius 3 is 2.65 bits per heavy atom. The van der Waals surface area contributed by atoms with Crippen LogP contribution in [-0.4, -0.2) is 0 Å². The van der Waals surface area contributed by atoms with E-state index in [0.717, 1.165) is 16.1 Å². The third-order valence-corrected chi connectivity index (χ3v) is 3.72. The molecule has 2 nitrogen and oxygen atoms in total. The molecule has 102 valence electrons. The molecule has 2 aromatic carbocycles. The van der Waals surface area contributed by atoms with Gasteiger partial charge in [0.05, 0.1) is 11.6 Å². The fourth-order valence-corrected chi connectivity index (χ4v) is 2.36. The quantitative estimate of drug-likeness (QED) is 0.887. The van der Waals surface area contributed by atoms with Crippen molar-refractivity contribution in [3.8, 4) is 6.07 Å². The molecule has 0 fully saturated rings. The van der Waals surface area contributed by atoms with Crippen LogP contribution in [0.25, 0.3) is 0 Å². The minimum atomic E-state index is 0.167. The van der Waals surface area contributed by atoms with Crippen molar-refractivity contribution in [3.63, 3.8) is 0 Å². The molecule has 4 heteroatoms. The van der Waals surface area contributed by atoms with E-state index in [1.54, 1.807) is 12.1 Å². The van der Waals surface area contributed by atoms with Crippen LogP contribution >= 0.6 is 23.2 Å². The van der Waals surface area contributed by atoms with E-state index in [1.807, 2.05) is 30.3 Å². The minimum Gasteiger partial charge on any atom is -0.306 e. The van der Waals surface area contributed by atoms with Gasteiger partial charge in [0.1, 0.15) is 0 Å². The van der Waals surface area contributed by atoms with Gasteiger partial charge >= 0.3 is 0 Å². The second-order valence-corrected chi connectivity index (χ2v) is 5.42. The van der Waals surface area contributed by atoms with E-state index in [0.29, 0.717) is 17.1 Å². The summed E-state index contributed by atoms with van der Waals surface area (Å²) in [5, 5.41) is 13.5. The van der Waals surface area contributed by atoms with Gasteiger partial charge in [-0.25, -0.2) is 0 Å². The van der Waals surface area contributed by atoms with E-state index in [2.05, 4.69) is 18.3 Å². The van der Waals surface area contributed by atoms with Crippen LogP contribution in [-0.2, 0) is 6.54 Å². The Morgan fingerprint density at radius 2 is 2.00 bits per heavy atom. The molecule has 2 rings (SSSR count). The number of rotatable bonds is 4. The monoisotopic (exact) mass is 304 g/mol. The summed E-state index contributed by atoms with van der Waals surface area (Å²) in [6.07, 6.45) is 0. The topological polar surface area (TPSA) is 35.8 Å². The lowest BCUT2D eigenvalue weighted by Gasteiger charge is -2.15. The zero-order valence-corrected chi connectivity index (χ0v) is 12.5. The van der Waals surface area contributed by atoms with E-state index in [1.165, 1.54) is 0 Å². The molecule has 1 atom stereocenters. The average molecular weight is 305 g/mol. The van der Waals surface area contributed by atoms with Crippen molar-refractivity contribution in [1.82, 2.24) is 5.32 Å². The molecule has 0 unspecified atom stereocenters. The lowest BCUT2D eigenvalue weighted by molar-refractivity contribution is 0.575. The first-order valence-corrected chi connectivity index (χ1v) is 7.03. The molecule has 0 aromatic heterocycles. The predicted molar refractivity (Wildman–Crippen MR) is 82.9 cm³/mol. The molecule has 0 amide bonds. The highest BCUT2D eigenvalue weighted by Crippen LogP contribution is 2.20. The molecule has 0 saturated heterocycles. The van der Waals surface area contributed by atoms with Crippen LogP contribution in [0.15, 0.2) is 42.5 Å². The highest BCUT2D eigenvalue weighted by molar-refractivity contribution is 6.31. The molecule has 0 aliphatic heterocycles. The van der Waals surface area contributed by atoms with E-state index in [9.17, 15) is 0 Å². The van der Waals surface area contributed by atoms with Gasteiger partial charge < -0.3 is 5.32 Å². The van der Waals surface area contributed by atoms with E-state index in [-0.39, 0.29) is 6.04 Å². The molecular formula is C16H14Cl2N2. The van der Waals surface area contributed by atoms with E-state index < -0.39 is 0 Å². The molecule has 0 saturated carbocycles. The molecule has 0 aliphatic rings. The summed E-state index contributed by atoms with van der Waals surface area (Å²) in [4.78, 5) is 0. The third kappa shape index (κ3) is 3.74. The molecular weight excluding hydrogens is 291 g/mol. The van der Waals surface area contributed by atoms with Crippen molar-refractivity contribution in [2.24, 2.45) is 0 Å². The Morgan fingerprint density at radius 1 is 1.20 bits per heavy atom. The number of halogens is 2. The van der Waals surface area contributed by atoms with E-state index >= 15 is 0 Å². The fourth-order valence-electron chi connectivity index (χ4n) is 1.92. The molecule has 2 aromatic rings. The summed E-state index contributed by atoms with van der Waals surface area (Å²) in [7, 11) is 0. The predicted octanol–water partition coefficient (Wildman–Crippen LogP) is 4.72. The smallest absolute Gasteiger partial charge is 0.0992 e. The van der Waals surface area contributed by atoms with Gasteiger partial charge in [-0.15, -0.1) is 0 Å². The number of nitrogens with zero attached hydrogens (tertiary/aromatic N) is 1. The Balaban J connectivity index is 2.04. The highest BCUT2D eigenvalue weighted by atomic mass is 35.5. The second kappa shape index (κ2) is 6.76. The standard InChI is InChI=1S/C16H14Cl2N2/c1-11(13-3-2-4-15(17)8-13)20-10-14-6-5-12(9-19)7-16(14)18/h2-8,11,20H,10H2,1H3/t11-/m1/s1. The Labute approximate surface area is 128 Å². The molecule has 20 heavy (non-hydrogen) atoms. The van der Waals surface area contributed by atoms with Crippen LogP contribution in [0, 0.1) is 11.3 Å². The lowest BCUT2D eigenvalue weighted by Crippen LogP contribution is -2.18. The maximum absolute atomic E-state index is 8.81. The zero-order valence-electron chi connectivity index (χ0n) is 11.0. The normalized spacial score (nSPS) is 11.9. The SMILES string of the molecule is C[C@@H](NCc1ccc(C#N)cc1Cl)c1cccc(Cl)c1. The Bertz CT molecular complexity index is 647. The van der Waals surface area contributed by atoms with Crippen LogP contribution < -0.4 is 5.32 Å². The fraction of sp³-hybridized carbons (Fsp3) is 0.188. The number of hydrogen-bond acceptors (Lipinski definition) is 2. The van der Waals surface area contributed by atoms with Crippen LogP contribution in [0.3, 0.4) is 0 Å². The summed E-state index contributed by atoms with van der Waals surface area (Å²) < 4.78 is 0. The Kier molecular flexibility index (Phi) is 5.03. The summed E-state index contributed by atoms with van der Waals surface area (Å²) in [6, 6.07) is 15.3. The minimum absolute atomic E-state index is 0.167. The van der Waals surface area contributed by atoms with Crippen LogP contribution in [0.4, 0.5) is 0 Å². The lowest BCUT2D eigenvalue weighted by atomic mass is 10.1. The number of nitrogens with one attached hydrogen (secondary N) is 1. The molecule has 0 radical (unpaired) electrons. The van der Waals surface area contributed by atoms with Gasteiger partial charge in [-0.1, -0.05) is 41.4 Å². The number of hydrogen-bond donors (Lipinski definition) is 1. The summed E-state index contributed by atoms with van der Waals surface area (Å²) in [6.45, 7) is 2.71. The van der Waals surface area contributed by atoms with Gasteiger partial charge in [0.15, 0.2) is 0 Å². The first kappa shape index (κ1) is 14.9. The van der Waals surface area contributed by atoms with Gasteiger partial charge in [-0.05, 0) is 42.3 Å². The number of benzene rings is 2. The van der Waals surface area contributed by atoms with Crippen molar-refractivity contribution in [3.05, 3.63) is 69.2 Å². The van der Waals surface area contributed by atoms with Gasteiger partial charge in [-0.3, -0.25) is 0 Å². The summed E-state index contributed by atoms with van der Waals surface area (Å²) >= 11 is 12.1. The van der Waals surface area contributed by atoms with Crippen molar-refractivity contribution >= 4 is 23.2 Å². The largest absolute Gasteiger partial charge is 0.306 e. The van der Waals surface area contributed by atoms with Crippen molar-refractivity contribution in [1.29, 1.82) is 5.26 Å². The van der Waals surface area contributed by atoms with Crippen molar-refractivity contribution in [2.45, 2.75) is 19.5 Å². The third-order valence-electron chi connectivity index (χ3n) is 3.13. The van der Waals surface area contributed by atoms with Crippen LogP contribution in [0.5, 0.6) is 0 Å². The first-order valence-electron chi connectivity index (χ1n) is 6.27. The average Bonchev–Trinajstić information content (AvgIpc) is 2.45. The molecule has 0 spiro atoms.